The molecule has 5 aromatic rings. The van der Waals surface area contributed by atoms with Crippen LogP contribution in [-0.4, -0.2) is 0 Å². The van der Waals surface area contributed by atoms with Gasteiger partial charge in [0.15, 0.2) is 0 Å². The minimum atomic E-state index is 0.965. The molecule has 3 aromatic carbocycles. The van der Waals surface area contributed by atoms with E-state index in [0.717, 1.165) is 11.3 Å². The molecule has 0 spiro atoms. The average molecular weight is 302 g/mol. The molecule has 22 heavy (non-hydrogen) atoms. The van der Waals surface area contributed by atoms with Crippen molar-refractivity contribution in [3.05, 3.63) is 59.2 Å². The predicted molar refractivity (Wildman–Crippen MR) is 96.1 cm³/mol. The zero-order chi connectivity index (χ0) is 14.8. The molecule has 0 N–H and O–H groups in total. The number of aryl methyl sites for hydroxylation is 2. The van der Waals surface area contributed by atoms with Gasteiger partial charge in [0.1, 0.15) is 11.3 Å². The van der Waals surface area contributed by atoms with Crippen molar-refractivity contribution >= 4 is 53.9 Å². The van der Waals surface area contributed by atoms with Crippen molar-refractivity contribution in [2.45, 2.75) is 13.8 Å². The van der Waals surface area contributed by atoms with E-state index in [1.54, 1.807) is 0 Å². The molecular formula is C20H14OS. The van der Waals surface area contributed by atoms with E-state index in [4.69, 9.17) is 4.42 Å². The molecule has 0 unspecified atom stereocenters. The van der Waals surface area contributed by atoms with Crippen LogP contribution in [0.25, 0.3) is 42.6 Å². The van der Waals surface area contributed by atoms with Gasteiger partial charge in [-0.25, -0.2) is 0 Å². The van der Waals surface area contributed by atoms with E-state index in [1.807, 2.05) is 18.3 Å². The largest absolute Gasteiger partial charge is 0.461 e. The minimum Gasteiger partial charge on any atom is -0.461 e. The van der Waals surface area contributed by atoms with Gasteiger partial charge in [0, 0.05) is 25.7 Å². The number of furan rings is 1. The van der Waals surface area contributed by atoms with Gasteiger partial charge in [0.25, 0.3) is 0 Å². The van der Waals surface area contributed by atoms with Crippen molar-refractivity contribution in [1.82, 2.24) is 0 Å². The highest BCUT2D eigenvalue weighted by atomic mass is 32.1. The van der Waals surface area contributed by atoms with Crippen molar-refractivity contribution < 1.29 is 4.42 Å². The molecule has 0 bridgehead atoms. The molecular weight excluding hydrogens is 288 g/mol. The number of fused-ring (bicyclic) bond motifs is 7. The van der Waals surface area contributed by atoms with Crippen LogP contribution in [-0.2, 0) is 0 Å². The van der Waals surface area contributed by atoms with Crippen LogP contribution < -0.4 is 0 Å². The van der Waals surface area contributed by atoms with E-state index < -0.39 is 0 Å². The first kappa shape index (κ1) is 12.2. The molecule has 0 saturated heterocycles. The molecule has 0 radical (unpaired) electrons. The summed E-state index contributed by atoms with van der Waals surface area (Å²) in [6.45, 7) is 4.18. The van der Waals surface area contributed by atoms with Crippen LogP contribution in [0.4, 0.5) is 0 Å². The average Bonchev–Trinajstić information content (AvgIpc) is 3.07. The standard InChI is InChI=1S/C20H14OS/c1-11-9-13-3-5-15-16-6-4-14-10-12(2)22-20(14)18(16)8-7-17(15)19(13)21-11/h3-10H,1-2H3. The second-order valence-electron chi connectivity index (χ2n) is 5.94. The van der Waals surface area contributed by atoms with Gasteiger partial charge < -0.3 is 4.42 Å². The molecule has 106 valence electrons. The van der Waals surface area contributed by atoms with Crippen LogP contribution in [0.1, 0.15) is 10.6 Å². The zero-order valence-electron chi connectivity index (χ0n) is 12.4. The summed E-state index contributed by atoms with van der Waals surface area (Å²) < 4.78 is 7.31. The molecule has 0 aliphatic rings. The molecule has 5 rings (SSSR count). The number of hydrogen-bond acceptors (Lipinski definition) is 2. The third-order valence-corrected chi connectivity index (χ3v) is 5.50. The Morgan fingerprint density at radius 1 is 0.727 bits per heavy atom. The predicted octanol–water partition coefficient (Wildman–Crippen LogP) is 6.57. The Bertz CT molecular complexity index is 1100. The van der Waals surface area contributed by atoms with Crippen LogP contribution >= 0.6 is 11.3 Å². The molecule has 1 nitrogen and oxygen atoms in total. The molecule has 0 saturated carbocycles. The highest BCUT2D eigenvalue weighted by Gasteiger charge is 2.10. The van der Waals surface area contributed by atoms with Gasteiger partial charge in [0.2, 0.25) is 0 Å². The zero-order valence-corrected chi connectivity index (χ0v) is 13.3. The van der Waals surface area contributed by atoms with Crippen LogP contribution in [0.15, 0.2) is 52.9 Å². The van der Waals surface area contributed by atoms with Gasteiger partial charge >= 0.3 is 0 Å². The summed E-state index contributed by atoms with van der Waals surface area (Å²) in [5, 5.41) is 7.63. The van der Waals surface area contributed by atoms with E-state index in [0.29, 0.717) is 0 Å². The third-order valence-electron chi connectivity index (χ3n) is 4.40. The lowest BCUT2D eigenvalue weighted by molar-refractivity contribution is 0.581. The maximum atomic E-state index is 5.92. The SMILES string of the molecule is Cc1cc2ccc3c4ccc5cc(C)sc5c4ccc3c2o1. The Labute approximate surface area is 131 Å². The Hall–Kier alpha value is -2.32. The van der Waals surface area contributed by atoms with E-state index >= 15 is 0 Å². The normalized spacial score (nSPS) is 12.1. The number of hydrogen-bond donors (Lipinski definition) is 0. The first-order valence-electron chi connectivity index (χ1n) is 7.45. The van der Waals surface area contributed by atoms with Gasteiger partial charge in [-0.05, 0) is 48.2 Å². The number of benzene rings is 3. The first-order chi connectivity index (χ1) is 10.7. The summed E-state index contributed by atoms with van der Waals surface area (Å²) in [6.07, 6.45) is 0. The fraction of sp³-hybridized carbons (Fsp3) is 0.100. The van der Waals surface area contributed by atoms with Crippen LogP contribution in [0.5, 0.6) is 0 Å². The van der Waals surface area contributed by atoms with Gasteiger partial charge in [0.05, 0.1) is 0 Å². The van der Waals surface area contributed by atoms with Crippen molar-refractivity contribution in [1.29, 1.82) is 0 Å². The number of rotatable bonds is 0. The molecule has 2 heterocycles. The molecule has 0 fully saturated rings. The van der Waals surface area contributed by atoms with Gasteiger partial charge in [-0.3, -0.25) is 0 Å². The second kappa shape index (κ2) is 4.11. The van der Waals surface area contributed by atoms with E-state index in [9.17, 15) is 0 Å². The molecule has 0 aliphatic heterocycles. The summed E-state index contributed by atoms with van der Waals surface area (Å²) in [6, 6.07) is 17.7. The fourth-order valence-electron chi connectivity index (χ4n) is 3.47. The molecule has 2 aromatic heterocycles. The summed E-state index contributed by atoms with van der Waals surface area (Å²) in [5.74, 6) is 0.965. The van der Waals surface area contributed by atoms with Gasteiger partial charge in [-0.15, -0.1) is 11.3 Å². The Kier molecular flexibility index (Phi) is 2.29. The van der Waals surface area contributed by atoms with E-state index in [2.05, 4.69) is 55.5 Å². The highest BCUT2D eigenvalue weighted by Crippen LogP contribution is 2.38. The quantitative estimate of drug-likeness (QED) is 0.295. The summed E-state index contributed by atoms with van der Waals surface area (Å²) >= 11 is 1.87. The summed E-state index contributed by atoms with van der Waals surface area (Å²) in [7, 11) is 0. The van der Waals surface area contributed by atoms with Crippen LogP contribution in [0.2, 0.25) is 0 Å². The Morgan fingerprint density at radius 2 is 1.41 bits per heavy atom. The first-order valence-corrected chi connectivity index (χ1v) is 8.27. The smallest absolute Gasteiger partial charge is 0.142 e. The molecule has 2 heteroatoms. The van der Waals surface area contributed by atoms with E-state index in [-0.39, 0.29) is 0 Å². The van der Waals surface area contributed by atoms with Crippen molar-refractivity contribution in [3.8, 4) is 0 Å². The molecule has 0 aliphatic carbocycles. The lowest BCUT2D eigenvalue weighted by atomic mass is 9.99. The fourth-order valence-corrected chi connectivity index (χ4v) is 4.51. The summed E-state index contributed by atoms with van der Waals surface area (Å²) in [5.41, 5.74) is 0.999. The van der Waals surface area contributed by atoms with Crippen molar-refractivity contribution in [3.63, 3.8) is 0 Å². The Balaban J connectivity index is 2.03. The lowest BCUT2D eigenvalue weighted by Gasteiger charge is -2.05. The minimum absolute atomic E-state index is 0.965. The molecule has 0 atom stereocenters. The summed E-state index contributed by atoms with van der Waals surface area (Å²) in [4.78, 5) is 1.36. The van der Waals surface area contributed by atoms with Crippen molar-refractivity contribution in [2.24, 2.45) is 0 Å². The monoisotopic (exact) mass is 302 g/mol. The van der Waals surface area contributed by atoms with Crippen LogP contribution in [0, 0.1) is 13.8 Å². The van der Waals surface area contributed by atoms with Gasteiger partial charge in [-0.1, -0.05) is 30.3 Å². The number of thiophene rings is 1. The van der Waals surface area contributed by atoms with Crippen molar-refractivity contribution in [2.75, 3.05) is 0 Å². The lowest BCUT2D eigenvalue weighted by Crippen LogP contribution is -1.78. The topological polar surface area (TPSA) is 13.1 Å². The van der Waals surface area contributed by atoms with Crippen LogP contribution in [0.3, 0.4) is 0 Å². The Morgan fingerprint density at radius 3 is 2.27 bits per heavy atom. The molecule has 0 amide bonds. The maximum Gasteiger partial charge on any atom is 0.142 e. The third kappa shape index (κ3) is 1.53. The van der Waals surface area contributed by atoms with Gasteiger partial charge in [-0.2, -0.15) is 0 Å². The second-order valence-corrected chi connectivity index (χ2v) is 7.19. The highest BCUT2D eigenvalue weighted by molar-refractivity contribution is 7.20. The van der Waals surface area contributed by atoms with E-state index in [1.165, 1.54) is 41.9 Å². The maximum absolute atomic E-state index is 5.92.